The largest absolute Gasteiger partial charge is 0.465 e. The monoisotopic (exact) mass is 231 g/mol. The maximum absolute atomic E-state index is 5.71. The van der Waals surface area contributed by atoms with E-state index in [1.807, 2.05) is 18.2 Å². The van der Waals surface area contributed by atoms with Crippen molar-refractivity contribution in [3.8, 4) is 6.01 Å². The normalized spacial score (nSPS) is 16.0. The Balaban J connectivity index is 1.64. The maximum atomic E-state index is 5.71. The Kier molecular flexibility index (Phi) is 2.63. The molecule has 0 atom stereocenters. The number of aromatic amines is 1. The van der Waals surface area contributed by atoms with Gasteiger partial charge in [0, 0.05) is 5.69 Å². The van der Waals surface area contributed by atoms with Gasteiger partial charge in [-0.2, -0.15) is 4.98 Å². The zero-order valence-corrected chi connectivity index (χ0v) is 9.78. The highest BCUT2D eigenvalue weighted by molar-refractivity contribution is 5.79. The number of hydrogen-bond donors (Lipinski definition) is 2. The highest BCUT2D eigenvalue weighted by atomic mass is 16.5. The minimum absolute atomic E-state index is 0.602. The van der Waals surface area contributed by atoms with Crippen molar-refractivity contribution in [2.45, 2.75) is 25.7 Å². The van der Waals surface area contributed by atoms with E-state index >= 15 is 0 Å². The lowest BCUT2D eigenvalue weighted by atomic mass is 9.83. The van der Waals surface area contributed by atoms with E-state index in [0.29, 0.717) is 6.01 Å². The summed E-state index contributed by atoms with van der Waals surface area (Å²) >= 11 is 0. The van der Waals surface area contributed by atoms with Crippen molar-refractivity contribution in [2.24, 2.45) is 5.92 Å². The van der Waals surface area contributed by atoms with Crippen molar-refractivity contribution in [3.05, 3.63) is 18.2 Å². The van der Waals surface area contributed by atoms with Gasteiger partial charge in [-0.3, -0.25) is 0 Å². The first-order valence-electron chi connectivity index (χ1n) is 6.19. The lowest BCUT2D eigenvalue weighted by Gasteiger charge is -2.24. The molecule has 90 valence electrons. The van der Waals surface area contributed by atoms with Crippen LogP contribution in [0.1, 0.15) is 25.7 Å². The van der Waals surface area contributed by atoms with E-state index in [0.717, 1.165) is 35.7 Å². The summed E-state index contributed by atoms with van der Waals surface area (Å²) in [7, 11) is 0. The summed E-state index contributed by atoms with van der Waals surface area (Å²) in [4.78, 5) is 7.49. The van der Waals surface area contributed by atoms with Crippen molar-refractivity contribution < 1.29 is 4.74 Å². The molecule has 1 saturated carbocycles. The van der Waals surface area contributed by atoms with Crippen LogP contribution in [0.3, 0.4) is 0 Å². The molecule has 0 unspecified atom stereocenters. The van der Waals surface area contributed by atoms with Crippen molar-refractivity contribution in [3.63, 3.8) is 0 Å². The van der Waals surface area contributed by atoms with Crippen LogP contribution in [0, 0.1) is 5.92 Å². The molecule has 0 aliphatic heterocycles. The van der Waals surface area contributed by atoms with E-state index in [1.54, 1.807) is 0 Å². The highest BCUT2D eigenvalue weighted by Gasteiger charge is 2.17. The second-order valence-corrected chi connectivity index (χ2v) is 4.75. The molecule has 1 aliphatic rings. The van der Waals surface area contributed by atoms with E-state index in [4.69, 9.17) is 10.5 Å². The van der Waals surface area contributed by atoms with E-state index < -0.39 is 0 Å². The Hall–Kier alpha value is -1.71. The first-order valence-corrected chi connectivity index (χ1v) is 6.19. The van der Waals surface area contributed by atoms with Crippen LogP contribution in [0.5, 0.6) is 6.01 Å². The minimum Gasteiger partial charge on any atom is -0.465 e. The molecule has 4 heteroatoms. The second-order valence-electron chi connectivity index (χ2n) is 4.75. The van der Waals surface area contributed by atoms with Crippen molar-refractivity contribution in [1.29, 1.82) is 0 Å². The molecule has 3 N–H and O–H groups in total. The highest BCUT2D eigenvalue weighted by Crippen LogP contribution is 2.29. The fourth-order valence-electron chi connectivity index (χ4n) is 2.18. The number of benzene rings is 1. The summed E-state index contributed by atoms with van der Waals surface area (Å²) in [6.07, 6.45) is 5.24. The average molecular weight is 231 g/mol. The van der Waals surface area contributed by atoms with Gasteiger partial charge in [0.25, 0.3) is 6.01 Å². The molecular weight excluding hydrogens is 214 g/mol. The zero-order valence-electron chi connectivity index (χ0n) is 9.78. The molecule has 1 aromatic heterocycles. The number of nitrogen functional groups attached to an aromatic ring is 1. The summed E-state index contributed by atoms with van der Waals surface area (Å²) in [5, 5.41) is 0. The van der Waals surface area contributed by atoms with Crippen LogP contribution in [0.15, 0.2) is 18.2 Å². The fourth-order valence-corrected chi connectivity index (χ4v) is 2.18. The molecule has 3 rings (SSSR count). The summed E-state index contributed by atoms with van der Waals surface area (Å²) in [6, 6.07) is 6.23. The number of anilines is 1. The van der Waals surface area contributed by atoms with E-state index in [2.05, 4.69) is 9.97 Å². The quantitative estimate of drug-likeness (QED) is 0.795. The summed E-state index contributed by atoms with van der Waals surface area (Å²) < 4.78 is 5.63. The van der Waals surface area contributed by atoms with Crippen LogP contribution in [0.2, 0.25) is 0 Å². The number of nitrogens with zero attached hydrogens (tertiary/aromatic N) is 1. The van der Waals surface area contributed by atoms with E-state index in [9.17, 15) is 0 Å². The van der Waals surface area contributed by atoms with Gasteiger partial charge in [-0.05, 0) is 30.5 Å². The Morgan fingerprint density at radius 2 is 2.29 bits per heavy atom. The molecule has 1 fully saturated rings. The van der Waals surface area contributed by atoms with Gasteiger partial charge in [0.1, 0.15) is 0 Å². The number of imidazole rings is 1. The number of nitrogens with two attached hydrogens (primary N) is 1. The molecule has 1 aliphatic carbocycles. The predicted molar refractivity (Wildman–Crippen MR) is 68.0 cm³/mol. The van der Waals surface area contributed by atoms with Gasteiger partial charge in [0.2, 0.25) is 0 Å². The molecular formula is C13H17N3O. The summed E-state index contributed by atoms with van der Waals surface area (Å²) in [5.41, 5.74) is 8.28. The van der Waals surface area contributed by atoms with E-state index in [1.165, 1.54) is 19.3 Å². The molecule has 1 aromatic carbocycles. The number of hydrogen-bond acceptors (Lipinski definition) is 3. The van der Waals surface area contributed by atoms with Gasteiger partial charge in [-0.25, -0.2) is 0 Å². The van der Waals surface area contributed by atoms with Crippen LogP contribution in [-0.4, -0.2) is 16.6 Å². The predicted octanol–water partition coefficient (Wildman–Crippen LogP) is 2.71. The second kappa shape index (κ2) is 4.28. The molecule has 2 aromatic rings. The van der Waals surface area contributed by atoms with E-state index in [-0.39, 0.29) is 0 Å². The van der Waals surface area contributed by atoms with Crippen LogP contribution in [-0.2, 0) is 0 Å². The molecule has 0 bridgehead atoms. The molecule has 0 saturated heterocycles. The number of nitrogens with one attached hydrogen (secondary N) is 1. The van der Waals surface area contributed by atoms with Gasteiger partial charge in [-0.1, -0.05) is 19.3 Å². The van der Waals surface area contributed by atoms with Crippen LogP contribution in [0.4, 0.5) is 5.69 Å². The molecule has 0 radical (unpaired) electrons. The molecule has 4 nitrogen and oxygen atoms in total. The molecule has 0 spiro atoms. The standard InChI is InChI=1S/C13H17N3O/c14-10-4-5-11-12(8-10)16-13(15-11)17-7-6-9-2-1-3-9/h4-5,8-9H,1-3,6-7,14H2,(H,15,16). The first kappa shape index (κ1) is 10.4. The Labute approximate surface area is 100 Å². The zero-order chi connectivity index (χ0) is 11.7. The van der Waals surface area contributed by atoms with Crippen molar-refractivity contribution in [1.82, 2.24) is 9.97 Å². The third-order valence-corrected chi connectivity index (χ3v) is 3.47. The van der Waals surface area contributed by atoms with Crippen LogP contribution >= 0.6 is 0 Å². The van der Waals surface area contributed by atoms with Crippen molar-refractivity contribution >= 4 is 16.7 Å². The number of aromatic nitrogens is 2. The Morgan fingerprint density at radius 1 is 1.41 bits per heavy atom. The third-order valence-electron chi connectivity index (χ3n) is 3.47. The van der Waals surface area contributed by atoms with Gasteiger partial charge in [0.15, 0.2) is 0 Å². The summed E-state index contributed by atoms with van der Waals surface area (Å²) in [5.74, 6) is 0.870. The molecule has 17 heavy (non-hydrogen) atoms. The Bertz CT molecular complexity index is 516. The smallest absolute Gasteiger partial charge is 0.294 e. The van der Waals surface area contributed by atoms with Gasteiger partial charge >= 0.3 is 0 Å². The molecule has 1 heterocycles. The Morgan fingerprint density at radius 3 is 3.06 bits per heavy atom. The minimum atomic E-state index is 0.602. The third kappa shape index (κ3) is 2.20. The number of H-pyrrole nitrogens is 1. The lowest BCUT2D eigenvalue weighted by molar-refractivity contribution is 0.213. The van der Waals surface area contributed by atoms with Gasteiger partial charge < -0.3 is 15.5 Å². The maximum Gasteiger partial charge on any atom is 0.294 e. The molecule has 0 amide bonds. The average Bonchev–Trinajstić information content (AvgIpc) is 2.63. The van der Waals surface area contributed by atoms with Gasteiger partial charge in [-0.15, -0.1) is 0 Å². The SMILES string of the molecule is Nc1ccc2nc(OCCC3CCC3)[nH]c2c1. The first-order chi connectivity index (χ1) is 8.31. The fraction of sp³-hybridized carbons (Fsp3) is 0.462. The van der Waals surface area contributed by atoms with Crippen LogP contribution < -0.4 is 10.5 Å². The number of fused-ring (bicyclic) bond motifs is 1. The van der Waals surface area contributed by atoms with Crippen LogP contribution in [0.25, 0.3) is 11.0 Å². The number of rotatable bonds is 4. The summed E-state index contributed by atoms with van der Waals surface area (Å²) in [6.45, 7) is 0.750. The number of ether oxygens (including phenoxy) is 1. The van der Waals surface area contributed by atoms with Gasteiger partial charge in [0.05, 0.1) is 17.6 Å². The topological polar surface area (TPSA) is 63.9 Å². The lowest BCUT2D eigenvalue weighted by Crippen LogP contribution is -2.14. The van der Waals surface area contributed by atoms with Crippen molar-refractivity contribution in [2.75, 3.05) is 12.3 Å².